The summed E-state index contributed by atoms with van der Waals surface area (Å²) in [5.74, 6) is 0.102. The molecule has 0 amide bonds. The third-order valence-electron chi connectivity index (χ3n) is 1.92. The number of hydrogen-bond acceptors (Lipinski definition) is 4. The van der Waals surface area contributed by atoms with E-state index in [1.54, 1.807) is 0 Å². The summed E-state index contributed by atoms with van der Waals surface area (Å²) in [5, 5.41) is 25.1. The lowest BCUT2D eigenvalue weighted by Gasteiger charge is -2.03. The van der Waals surface area contributed by atoms with Crippen LogP contribution in [0.2, 0.25) is 0 Å². The first-order valence-corrected chi connectivity index (χ1v) is 3.99. The van der Waals surface area contributed by atoms with Crippen molar-refractivity contribution >= 4 is 5.69 Å². The molecule has 0 aliphatic heterocycles. The molecule has 72 valence electrons. The minimum Gasteiger partial charge on any atom is -0.508 e. The molecule has 5 heteroatoms. The molecule has 5 N–H and O–H groups in total. The number of benzene rings is 1. The van der Waals surface area contributed by atoms with Gasteiger partial charge in [0.05, 0.1) is 17.6 Å². The molecule has 1 aromatic carbocycles. The van der Waals surface area contributed by atoms with Gasteiger partial charge in [0.2, 0.25) is 0 Å². The predicted octanol–water partition coefficient (Wildman–Crippen LogP) is 1.07. The van der Waals surface area contributed by atoms with Gasteiger partial charge in [-0.25, -0.2) is 0 Å². The van der Waals surface area contributed by atoms with E-state index >= 15 is 0 Å². The highest BCUT2D eigenvalue weighted by atomic mass is 16.3. The van der Waals surface area contributed by atoms with Gasteiger partial charge in [0.1, 0.15) is 11.5 Å². The molecule has 1 heterocycles. The average Bonchev–Trinajstić information content (AvgIpc) is 2.56. The van der Waals surface area contributed by atoms with Gasteiger partial charge in [-0.3, -0.25) is 5.10 Å². The smallest absolute Gasteiger partial charge is 0.125 e. The number of hydrogen-bond donors (Lipinski definition) is 4. The lowest BCUT2D eigenvalue weighted by molar-refractivity contribution is 0.461. The van der Waals surface area contributed by atoms with E-state index in [-0.39, 0.29) is 11.5 Å². The molecular formula is C9H9N3O2. The highest BCUT2D eigenvalue weighted by Gasteiger charge is 2.09. The van der Waals surface area contributed by atoms with E-state index in [0.29, 0.717) is 16.9 Å². The molecule has 5 nitrogen and oxygen atoms in total. The lowest BCUT2D eigenvalue weighted by atomic mass is 10.1. The number of nitrogens with two attached hydrogens (primary N) is 1. The highest BCUT2D eigenvalue weighted by molar-refractivity contribution is 5.77. The summed E-state index contributed by atoms with van der Waals surface area (Å²) in [6, 6.07) is 4.20. The van der Waals surface area contributed by atoms with Crippen LogP contribution in [-0.2, 0) is 0 Å². The molecular weight excluding hydrogens is 182 g/mol. The second-order valence-corrected chi connectivity index (χ2v) is 2.90. The van der Waals surface area contributed by atoms with Crippen LogP contribution in [0.15, 0.2) is 24.4 Å². The number of phenolic OH excluding ortho intramolecular Hbond substituents is 2. The van der Waals surface area contributed by atoms with Crippen molar-refractivity contribution in [3.8, 4) is 22.8 Å². The zero-order valence-corrected chi connectivity index (χ0v) is 7.23. The summed E-state index contributed by atoms with van der Waals surface area (Å²) >= 11 is 0. The Kier molecular flexibility index (Phi) is 1.78. The molecule has 0 atom stereocenters. The Morgan fingerprint density at radius 3 is 2.71 bits per heavy atom. The number of nitrogens with one attached hydrogen (secondary N) is 1. The lowest BCUT2D eigenvalue weighted by Crippen LogP contribution is -1.87. The molecule has 1 aromatic heterocycles. The Morgan fingerprint density at radius 1 is 1.29 bits per heavy atom. The van der Waals surface area contributed by atoms with Gasteiger partial charge in [-0.1, -0.05) is 0 Å². The highest BCUT2D eigenvalue weighted by Crippen LogP contribution is 2.33. The van der Waals surface area contributed by atoms with Crippen LogP contribution in [-0.4, -0.2) is 20.4 Å². The fourth-order valence-electron chi connectivity index (χ4n) is 1.24. The van der Waals surface area contributed by atoms with Crippen LogP contribution < -0.4 is 5.73 Å². The zero-order valence-electron chi connectivity index (χ0n) is 7.23. The Morgan fingerprint density at radius 2 is 2.07 bits per heavy atom. The Bertz CT molecular complexity index is 465. The number of rotatable bonds is 1. The molecule has 0 saturated heterocycles. The first-order chi connectivity index (χ1) is 6.68. The van der Waals surface area contributed by atoms with Crippen LogP contribution in [0.1, 0.15) is 0 Å². The van der Waals surface area contributed by atoms with Crippen molar-refractivity contribution in [1.82, 2.24) is 10.2 Å². The van der Waals surface area contributed by atoms with E-state index in [1.165, 1.54) is 24.4 Å². The number of aromatic amines is 1. The molecule has 2 rings (SSSR count). The maximum Gasteiger partial charge on any atom is 0.125 e. The molecule has 0 radical (unpaired) electrons. The molecule has 14 heavy (non-hydrogen) atoms. The van der Waals surface area contributed by atoms with Gasteiger partial charge in [-0.15, -0.1) is 0 Å². The monoisotopic (exact) mass is 191 g/mol. The van der Waals surface area contributed by atoms with Crippen molar-refractivity contribution in [2.24, 2.45) is 0 Å². The van der Waals surface area contributed by atoms with Crippen molar-refractivity contribution in [1.29, 1.82) is 0 Å². The third kappa shape index (κ3) is 1.24. The van der Waals surface area contributed by atoms with Crippen LogP contribution >= 0.6 is 0 Å². The average molecular weight is 191 g/mol. The number of anilines is 1. The summed E-state index contributed by atoms with van der Waals surface area (Å²) < 4.78 is 0. The van der Waals surface area contributed by atoms with Crippen LogP contribution in [0, 0.1) is 0 Å². The van der Waals surface area contributed by atoms with E-state index < -0.39 is 0 Å². The van der Waals surface area contributed by atoms with E-state index in [1.807, 2.05) is 0 Å². The van der Waals surface area contributed by atoms with Crippen molar-refractivity contribution in [3.63, 3.8) is 0 Å². The molecule has 0 aliphatic carbocycles. The predicted molar refractivity (Wildman–Crippen MR) is 51.8 cm³/mol. The van der Waals surface area contributed by atoms with Crippen molar-refractivity contribution in [2.45, 2.75) is 0 Å². The number of nitrogen functional groups attached to an aromatic ring is 1. The largest absolute Gasteiger partial charge is 0.508 e. The van der Waals surface area contributed by atoms with Crippen LogP contribution in [0.25, 0.3) is 11.3 Å². The molecule has 0 bridgehead atoms. The number of aromatic nitrogens is 2. The molecule has 0 aliphatic rings. The summed E-state index contributed by atoms with van der Waals surface area (Å²) in [6.07, 6.45) is 1.44. The second kappa shape index (κ2) is 2.95. The van der Waals surface area contributed by atoms with Crippen LogP contribution in [0.3, 0.4) is 0 Å². The zero-order chi connectivity index (χ0) is 10.1. The number of H-pyrrole nitrogens is 1. The number of phenols is 2. The number of aromatic hydroxyl groups is 2. The summed E-state index contributed by atoms with van der Waals surface area (Å²) in [4.78, 5) is 0. The van der Waals surface area contributed by atoms with Gasteiger partial charge in [0, 0.05) is 5.56 Å². The second-order valence-electron chi connectivity index (χ2n) is 2.90. The Labute approximate surface area is 79.8 Å². The molecule has 2 aromatic rings. The third-order valence-corrected chi connectivity index (χ3v) is 1.92. The SMILES string of the molecule is Nc1cn[nH]c1-c1cc(O)ccc1O. The van der Waals surface area contributed by atoms with Gasteiger partial charge in [-0.05, 0) is 18.2 Å². The van der Waals surface area contributed by atoms with Crippen molar-refractivity contribution < 1.29 is 10.2 Å². The first-order valence-electron chi connectivity index (χ1n) is 3.99. The normalized spacial score (nSPS) is 10.3. The van der Waals surface area contributed by atoms with E-state index in [0.717, 1.165) is 0 Å². The first kappa shape index (κ1) is 8.43. The summed E-state index contributed by atoms with van der Waals surface area (Å²) in [6.45, 7) is 0. The summed E-state index contributed by atoms with van der Waals surface area (Å²) in [7, 11) is 0. The van der Waals surface area contributed by atoms with E-state index in [9.17, 15) is 10.2 Å². The minimum absolute atomic E-state index is 0.0405. The van der Waals surface area contributed by atoms with Gasteiger partial charge in [0.25, 0.3) is 0 Å². The molecule has 0 saturated carbocycles. The van der Waals surface area contributed by atoms with Gasteiger partial charge in [-0.2, -0.15) is 5.10 Å². The van der Waals surface area contributed by atoms with Gasteiger partial charge < -0.3 is 15.9 Å². The standard InChI is InChI=1S/C9H9N3O2/c10-7-4-11-12-9(7)6-3-5(13)1-2-8(6)14/h1-4,13-14H,10H2,(H,11,12). The Hall–Kier alpha value is -2.17. The van der Waals surface area contributed by atoms with Gasteiger partial charge in [0.15, 0.2) is 0 Å². The molecule has 0 unspecified atom stereocenters. The quantitative estimate of drug-likeness (QED) is 0.507. The van der Waals surface area contributed by atoms with Gasteiger partial charge >= 0.3 is 0 Å². The minimum atomic E-state index is 0.0405. The van der Waals surface area contributed by atoms with Crippen LogP contribution in [0.4, 0.5) is 5.69 Å². The Balaban J connectivity index is 2.62. The maximum atomic E-state index is 9.52. The van der Waals surface area contributed by atoms with E-state index in [2.05, 4.69) is 10.2 Å². The topological polar surface area (TPSA) is 95.2 Å². The summed E-state index contributed by atoms with van der Waals surface area (Å²) in [5.41, 5.74) is 6.96. The number of nitrogens with zero attached hydrogens (tertiary/aromatic N) is 1. The van der Waals surface area contributed by atoms with Crippen molar-refractivity contribution in [3.05, 3.63) is 24.4 Å². The van der Waals surface area contributed by atoms with Crippen LogP contribution in [0.5, 0.6) is 11.5 Å². The maximum absolute atomic E-state index is 9.52. The molecule has 0 spiro atoms. The fraction of sp³-hybridized carbons (Fsp3) is 0. The van der Waals surface area contributed by atoms with Crippen molar-refractivity contribution in [2.75, 3.05) is 5.73 Å². The van der Waals surface area contributed by atoms with E-state index in [4.69, 9.17) is 5.73 Å². The fourth-order valence-corrected chi connectivity index (χ4v) is 1.24. The molecule has 0 fully saturated rings.